The molecule has 1 spiro atoms. The maximum absolute atomic E-state index is 5.92. The first-order valence-corrected chi connectivity index (χ1v) is 7.85. The van der Waals surface area contributed by atoms with Gasteiger partial charge in [0.2, 0.25) is 0 Å². The van der Waals surface area contributed by atoms with Gasteiger partial charge in [0, 0.05) is 36.7 Å². The van der Waals surface area contributed by atoms with Crippen molar-refractivity contribution in [2.45, 2.75) is 37.6 Å². The van der Waals surface area contributed by atoms with Crippen LogP contribution in [-0.4, -0.2) is 36.6 Å². The summed E-state index contributed by atoms with van der Waals surface area (Å²) < 4.78 is 0. The minimum absolute atomic E-state index is 0.443. The van der Waals surface area contributed by atoms with Crippen LogP contribution in [0, 0.1) is 0 Å². The molecule has 1 saturated heterocycles. The molecule has 104 valence electrons. The maximum atomic E-state index is 5.92. The van der Waals surface area contributed by atoms with Crippen LogP contribution in [0.25, 0.3) is 0 Å². The van der Waals surface area contributed by atoms with E-state index in [4.69, 9.17) is 11.6 Å². The van der Waals surface area contributed by atoms with Gasteiger partial charge < -0.3 is 5.32 Å². The summed E-state index contributed by atoms with van der Waals surface area (Å²) in [6.45, 7) is 4.75. The molecule has 3 heteroatoms. The van der Waals surface area contributed by atoms with E-state index in [2.05, 4.69) is 22.3 Å². The Balaban J connectivity index is 1.53. The largest absolute Gasteiger partial charge is 0.309 e. The van der Waals surface area contributed by atoms with E-state index in [1.54, 1.807) is 0 Å². The zero-order chi connectivity index (χ0) is 13.1. The highest BCUT2D eigenvalue weighted by molar-refractivity contribution is 6.30. The van der Waals surface area contributed by atoms with E-state index in [0.29, 0.717) is 5.54 Å². The molecule has 0 bridgehead atoms. The molecule has 0 aromatic heterocycles. The summed E-state index contributed by atoms with van der Waals surface area (Å²) in [7, 11) is 0. The summed E-state index contributed by atoms with van der Waals surface area (Å²) in [6, 6.07) is 8.28. The highest BCUT2D eigenvalue weighted by atomic mass is 35.5. The van der Waals surface area contributed by atoms with Crippen molar-refractivity contribution in [2.75, 3.05) is 26.2 Å². The lowest BCUT2D eigenvalue weighted by molar-refractivity contribution is 0.136. The SMILES string of the molecule is Clc1ccc(CCN2CCNC3(CCCC3)C2)cc1. The van der Waals surface area contributed by atoms with Crippen molar-refractivity contribution in [2.24, 2.45) is 0 Å². The smallest absolute Gasteiger partial charge is 0.0406 e. The molecule has 0 radical (unpaired) electrons. The van der Waals surface area contributed by atoms with Crippen molar-refractivity contribution >= 4 is 11.6 Å². The second-order valence-electron chi connectivity index (χ2n) is 6.07. The minimum Gasteiger partial charge on any atom is -0.309 e. The van der Waals surface area contributed by atoms with Crippen LogP contribution >= 0.6 is 11.6 Å². The van der Waals surface area contributed by atoms with Crippen LogP contribution in [0.15, 0.2) is 24.3 Å². The van der Waals surface area contributed by atoms with Crippen molar-refractivity contribution < 1.29 is 0 Å². The average Bonchev–Trinajstić information content (AvgIpc) is 2.86. The summed E-state index contributed by atoms with van der Waals surface area (Å²) >= 11 is 5.92. The standard InChI is InChI=1S/C16H23ClN2/c17-15-5-3-14(4-6-15)7-11-19-12-10-18-16(13-19)8-1-2-9-16/h3-6,18H,1-2,7-13H2. The fourth-order valence-electron chi connectivity index (χ4n) is 3.56. The molecule has 0 unspecified atom stereocenters. The Morgan fingerprint density at radius 1 is 1.16 bits per heavy atom. The van der Waals surface area contributed by atoms with Crippen LogP contribution in [0.1, 0.15) is 31.2 Å². The summed E-state index contributed by atoms with van der Waals surface area (Å²) in [4.78, 5) is 2.64. The Labute approximate surface area is 121 Å². The van der Waals surface area contributed by atoms with Crippen molar-refractivity contribution in [1.29, 1.82) is 0 Å². The summed E-state index contributed by atoms with van der Waals surface area (Å²) in [5.74, 6) is 0. The molecule has 1 N–H and O–H groups in total. The zero-order valence-corrected chi connectivity index (χ0v) is 12.3. The predicted octanol–water partition coefficient (Wildman–Crippen LogP) is 3.10. The van der Waals surface area contributed by atoms with Gasteiger partial charge in [-0.2, -0.15) is 0 Å². The fourth-order valence-corrected chi connectivity index (χ4v) is 3.68. The van der Waals surface area contributed by atoms with Crippen LogP contribution in [0.3, 0.4) is 0 Å². The first-order valence-electron chi connectivity index (χ1n) is 7.48. The molecule has 1 saturated carbocycles. The minimum atomic E-state index is 0.443. The number of hydrogen-bond donors (Lipinski definition) is 1. The van der Waals surface area contributed by atoms with Crippen LogP contribution in [0.5, 0.6) is 0 Å². The van der Waals surface area contributed by atoms with Gasteiger partial charge in [0.1, 0.15) is 0 Å². The van der Waals surface area contributed by atoms with Gasteiger partial charge in [-0.25, -0.2) is 0 Å². The van der Waals surface area contributed by atoms with Gasteiger partial charge in [0.25, 0.3) is 0 Å². The van der Waals surface area contributed by atoms with Gasteiger partial charge >= 0.3 is 0 Å². The van der Waals surface area contributed by atoms with Gasteiger partial charge in [-0.1, -0.05) is 36.6 Å². The highest BCUT2D eigenvalue weighted by Gasteiger charge is 2.37. The zero-order valence-electron chi connectivity index (χ0n) is 11.5. The average molecular weight is 279 g/mol. The molecular weight excluding hydrogens is 256 g/mol. The molecule has 0 amide bonds. The van der Waals surface area contributed by atoms with Crippen molar-refractivity contribution in [1.82, 2.24) is 10.2 Å². The Morgan fingerprint density at radius 2 is 1.89 bits per heavy atom. The van der Waals surface area contributed by atoms with Crippen LogP contribution in [-0.2, 0) is 6.42 Å². The molecule has 1 aliphatic heterocycles. The van der Waals surface area contributed by atoms with Crippen molar-refractivity contribution in [3.63, 3.8) is 0 Å². The highest BCUT2D eigenvalue weighted by Crippen LogP contribution is 2.31. The molecule has 1 heterocycles. The van der Waals surface area contributed by atoms with E-state index in [1.807, 2.05) is 12.1 Å². The van der Waals surface area contributed by atoms with Gasteiger partial charge in [-0.3, -0.25) is 4.90 Å². The van der Waals surface area contributed by atoms with E-state index < -0.39 is 0 Å². The van der Waals surface area contributed by atoms with Crippen LogP contribution < -0.4 is 5.32 Å². The normalized spacial score (nSPS) is 23.0. The van der Waals surface area contributed by atoms with Crippen molar-refractivity contribution in [3.8, 4) is 0 Å². The van der Waals surface area contributed by atoms with E-state index in [-0.39, 0.29) is 0 Å². The molecule has 3 rings (SSSR count). The summed E-state index contributed by atoms with van der Waals surface area (Å²) in [5, 5.41) is 4.60. The fraction of sp³-hybridized carbons (Fsp3) is 0.625. The van der Waals surface area contributed by atoms with Gasteiger partial charge in [-0.05, 0) is 37.0 Å². The Morgan fingerprint density at radius 3 is 2.63 bits per heavy atom. The number of halogens is 1. The number of nitrogens with one attached hydrogen (secondary N) is 1. The van der Waals surface area contributed by atoms with Crippen LogP contribution in [0.2, 0.25) is 5.02 Å². The lowest BCUT2D eigenvalue weighted by Crippen LogP contribution is -2.59. The Hall–Kier alpha value is -0.570. The van der Waals surface area contributed by atoms with E-state index in [0.717, 1.165) is 18.0 Å². The molecule has 2 nitrogen and oxygen atoms in total. The van der Waals surface area contributed by atoms with Gasteiger partial charge in [-0.15, -0.1) is 0 Å². The lowest BCUT2D eigenvalue weighted by atomic mass is 9.94. The summed E-state index contributed by atoms with van der Waals surface area (Å²) in [5.41, 5.74) is 1.83. The summed E-state index contributed by atoms with van der Waals surface area (Å²) in [6.07, 6.45) is 6.66. The Bertz CT molecular complexity index is 409. The number of hydrogen-bond acceptors (Lipinski definition) is 2. The van der Waals surface area contributed by atoms with Crippen LogP contribution in [0.4, 0.5) is 0 Å². The van der Waals surface area contributed by atoms with E-state index in [1.165, 1.54) is 50.9 Å². The third-order valence-electron chi connectivity index (χ3n) is 4.64. The van der Waals surface area contributed by atoms with E-state index >= 15 is 0 Å². The van der Waals surface area contributed by atoms with Crippen molar-refractivity contribution in [3.05, 3.63) is 34.9 Å². The number of piperazine rings is 1. The quantitative estimate of drug-likeness (QED) is 0.914. The van der Waals surface area contributed by atoms with Gasteiger partial charge in [0.05, 0.1) is 0 Å². The Kier molecular flexibility index (Phi) is 4.11. The van der Waals surface area contributed by atoms with Gasteiger partial charge in [0.15, 0.2) is 0 Å². The monoisotopic (exact) mass is 278 g/mol. The second-order valence-corrected chi connectivity index (χ2v) is 6.50. The first kappa shape index (κ1) is 13.4. The van der Waals surface area contributed by atoms with E-state index in [9.17, 15) is 0 Å². The molecule has 2 aliphatic rings. The molecule has 1 aromatic rings. The third kappa shape index (κ3) is 3.31. The first-order chi connectivity index (χ1) is 9.26. The molecule has 2 fully saturated rings. The second kappa shape index (κ2) is 5.82. The third-order valence-corrected chi connectivity index (χ3v) is 4.90. The number of rotatable bonds is 3. The lowest BCUT2D eigenvalue weighted by Gasteiger charge is -2.41. The maximum Gasteiger partial charge on any atom is 0.0406 e. The molecule has 1 aromatic carbocycles. The molecule has 19 heavy (non-hydrogen) atoms. The topological polar surface area (TPSA) is 15.3 Å². The number of benzene rings is 1. The molecule has 1 aliphatic carbocycles. The molecular formula is C16H23ClN2. The number of nitrogens with zero attached hydrogens (tertiary/aromatic N) is 1. The molecule has 0 atom stereocenters. The predicted molar refractivity (Wildman–Crippen MR) is 80.8 cm³/mol.